The van der Waals surface area contributed by atoms with Crippen LogP contribution in [0.1, 0.15) is 41.2 Å². The smallest absolute Gasteiger partial charge is 0.352 e. The van der Waals surface area contributed by atoms with Crippen molar-refractivity contribution in [2.24, 2.45) is 0 Å². The van der Waals surface area contributed by atoms with Gasteiger partial charge in [0.05, 0.1) is 0 Å². The van der Waals surface area contributed by atoms with Crippen LogP contribution < -0.4 is 11.0 Å². The van der Waals surface area contributed by atoms with Crippen LogP contribution in [0.2, 0.25) is 0 Å². The van der Waals surface area contributed by atoms with Gasteiger partial charge in [0.25, 0.3) is 0 Å². The number of nitrogens with zero attached hydrogens (tertiary/aromatic N) is 4. The van der Waals surface area contributed by atoms with Gasteiger partial charge in [-0.1, -0.05) is 0 Å². The number of halogens is 3. The van der Waals surface area contributed by atoms with Crippen molar-refractivity contribution in [3.63, 3.8) is 0 Å². The van der Waals surface area contributed by atoms with E-state index < -0.39 is 11.9 Å². The number of hydrogen-bond donors (Lipinski definition) is 1. The number of aryl methyl sites for hydroxylation is 3. The van der Waals surface area contributed by atoms with Crippen molar-refractivity contribution in [2.45, 2.75) is 52.3 Å². The molecule has 3 rings (SSSR count). The van der Waals surface area contributed by atoms with E-state index >= 15 is 0 Å². The van der Waals surface area contributed by atoms with Gasteiger partial charge >= 0.3 is 11.9 Å². The molecule has 1 aliphatic carbocycles. The van der Waals surface area contributed by atoms with Crippen molar-refractivity contribution in [3.8, 4) is 0 Å². The van der Waals surface area contributed by atoms with Gasteiger partial charge < -0.3 is 5.32 Å². The van der Waals surface area contributed by atoms with Crippen LogP contribution >= 0.6 is 0 Å². The fourth-order valence-corrected chi connectivity index (χ4v) is 3.23. The van der Waals surface area contributed by atoms with Gasteiger partial charge in [0.1, 0.15) is 0 Å². The first-order valence-electron chi connectivity index (χ1n) is 8.51. The Labute approximate surface area is 148 Å². The second-order valence-corrected chi connectivity index (χ2v) is 6.43. The number of hydrogen-bond acceptors (Lipinski definition) is 5. The summed E-state index contributed by atoms with van der Waals surface area (Å²) < 4.78 is 41.4. The maximum absolute atomic E-state index is 13.3. The molecule has 2 aromatic rings. The lowest BCUT2D eigenvalue weighted by molar-refractivity contribution is -0.142. The first-order valence-corrected chi connectivity index (χ1v) is 8.51. The molecular weight excluding hydrogens is 347 g/mol. The SMILES string of the molecule is Cc1cc(C)n(CCNc2nc3c(c(C(F)(F)F)n2)CCCC3)c(=O)n1. The number of nitrogens with one attached hydrogen (secondary N) is 1. The summed E-state index contributed by atoms with van der Waals surface area (Å²) in [6.07, 6.45) is -2.08. The van der Waals surface area contributed by atoms with Gasteiger partial charge in [-0.3, -0.25) is 4.57 Å². The van der Waals surface area contributed by atoms with Gasteiger partial charge in [-0.25, -0.2) is 14.8 Å². The largest absolute Gasteiger partial charge is 0.433 e. The van der Waals surface area contributed by atoms with E-state index in [0.29, 0.717) is 24.2 Å². The molecule has 1 aliphatic rings. The van der Waals surface area contributed by atoms with E-state index in [1.807, 2.05) is 0 Å². The average molecular weight is 367 g/mol. The van der Waals surface area contributed by atoms with Crippen LogP contribution in [0.25, 0.3) is 0 Å². The highest BCUT2D eigenvalue weighted by molar-refractivity contribution is 5.37. The van der Waals surface area contributed by atoms with Crippen LogP contribution in [-0.4, -0.2) is 26.1 Å². The van der Waals surface area contributed by atoms with Crippen LogP contribution in [0.4, 0.5) is 19.1 Å². The molecule has 0 aliphatic heterocycles. The van der Waals surface area contributed by atoms with Crippen LogP contribution in [0, 0.1) is 13.8 Å². The van der Waals surface area contributed by atoms with Crippen LogP contribution in [0.5, 0.6) is 0 Å². The van der Waals surface area contributed by atoms with Crippen molar-refractivity contribution in [2.75, 3.05) is 11.9 Å². The molecule has 9 heteroatoms. The standard InChI is InChI=1S/C17H20F3N5O/c1-10-9-11(2)25(16(26)22-10)8-7-21-15-23-13-6-4-3-5-12(13)14(24-15)17(18,19)20/h9H,3-8H2,1-2H3,(H,21,23,24). The van der Waals surface area contributed by atoms with Crippen LogP contribution in [0.15, 0.2) is 10.9 Å². The summed E-state index contributed by atoms with van der Waals surface area (Å²) in [5.41, 5.74) is 0.813. The molecule has 0 unspecified atom stereocenters. The molecule has 0 atom stereocenters. The van der Waals surface area contributed by atoms with Crippen LogP contribution in [-0.2, 0) is 25.6 Å². The Morgan fingerprint density at radius 2 is 1.88 bits per heavy atom. The van der Waals surface area contributed by atoms with E-state index in [-0.39, 0.29) is 30.3 Å². The Morgan fingerprint density at radius 1 is 1.15 bits per heavy atom. The van der Waals surface area contributed by atoms with Crippen molar-refractivity contribution in [3.05, 3.63) is 44.9 Å². The zero-order valence-corrected chi connectivity index (χ0v) is 14.7. The lowest BCUT2D eigenvalue weighted by Crippen LogP contribution is -2.29. The maximum atomic E-state index is 13.3. The molecule has 0 saturated heterocycles. The summed E-state index contributed by atoms with van der Waals surface area (Å²) in [5, 5.41) is 2.82. The molecule has 0 aromatic carbocycles. The minimum atomic E-state index is -4.50. The second-order valence-electron chi connectivity index (χ2n) is 6.43. The maximum Gasteiger partial charge on any atom is 0.433 e. The first kappa shape index (κ1) is 18.3. The molecule has 2 aromatic heterocycles. The molecule has 0 spiro atoms. The third-order valence-electron chi connectivity index (χ3n) is 4.42. The van der Waals surface area contributed by atoms with E-state index in [1.165, 1.54) is 4.57 Å². The zero-order valence-electron chi connectivity index (χ0n) is 14.7. The van der Waals surface area contributed by atoms with Gasteiger partial charge in [-0.05, 0) is 45.6 Å². The van der Waals surface area contributed by atoms with E-state index in [4.69, 9.17) is 0 Å². The molecule has 0 fully saturated rings. The monoisotopic (exact) mass is 367 g/mol. The third-order valence-corrected chi connectivity index (χ3v) is 4.42. The highest BCUT2D eigenvalue weighted by Gasteiger charge is 2.37. The molecule has 1 N–H and O–H groups in total. The van der Waals surface area contributed by atoms with E-state index in [2.05, 4.69) is 20.3 Å². The predicted molar refractivity (Wildman–Crippen MR) is 90.1 cm³/mol. The highest BCUT2D eigenvalue weighted by Crippen LogP contribution is 2.35. The molecule has 2 heterocycles. The Kier molecular flexibility index (Phi) is 4.97. The van der Waals surface area contributed by atoms with Crippen molar-refractivity contribution in [1.82, 2.24) is 19.5 Å². The van der Waals surface area contributed by atoms with Gasteiger partial charge in [0.15, 0.2) is 5.69 Å². The summed E-state index contributed by atoms with van der Waals surface area (Å²) in [7, 11) is 0. The second kappa shape index (κ2) is 7.05. The van der Waals surface area contributed by atoms with Gasteiger partial charge in [-0.2, -0.15) is 18.2 Å². The van der Waals surface area contributed by atoms with Gasteiger partial charge in [0, 0.05) is 35.7 Å². The number of aromatic nitrogens is 4. The van der Waals surface area contributed by atoms with E-state index in [1.54, 1.807) is 19.9 Å². The molecule has 140 valence electrons. The summed E-state index contributed by atoms with van der Waals surface area (Å²) in [6, 6.07) is 1.78. The predicted octanol–water partition coefficient (Wildman–Crippen LogP) is 2.66. The number of alkyl halides is 3. The van der Waals surface area contributed by atoms with Crippen molar-refractivity contribution < 1.29 is 13.2 Å². The van der Waals surface area contributed by atoms with E-state index in [9.17, 15) is 18.0 Å². The average Bonchev–Trinajstić information content (AvgIpc) is 2.55. The Morgan fingerprint density at radius 3 is 2.58 bits per heavy atom. The third kappa shape index (κ3) is 3.86. The number of fused-ring (bicyclic) bond motifs is 1. The highest BCUT2D eigenvalue weighted by atomic mass is 19.4. The quantitative estimate of drug-likeness (QED) is 0.899. The minimum Gasteiger partial charge on any atom is -0.352 e. The molecule has 0 bridgehead atoms. The number of anilines is 1. The summed E-state index contributed by atoms with van der Waals surface area (Å²) >= 11 is 0. The molecule has 0 saturated carbocycles. The summed E-state index contributed by atoms with van der Waals surface area (Å²) in [4.78, 5) is 23.7. The fourth-order valence-electron chi connectivity index (χ4n) is 3.23. The van der Waals surface area contributed by atoms with Crippen molar-refractivity contribution >= 4 is 5.95 Å². The lowest BCUT2D eigenvalue weighted by Gasteiger charge is -2.20. The van der Waals surface area contributed by atoms with Gasteiger partial charge in [0.2, 0.25) is 5.95 Å². The Hall–Kier alpha value is -2.45. The minimum absolute atomic E-state index is 0.0521. The fraction of sp³-hybridized carbons (Fsp3) is 0.529. The molecule has 26 heavy (non-hydrogen) atoms. The molecule has 0 amide bonds. The van der Waals surface area contributed by atoms with Crippen LogP contribution in [0.3, 0.4) is 0 Å². The first-order chi connectivity index (χ1) is 12.3. The Balaban J connectivity index is 1.80. The Bertz CT molecular complexity index is 876. The number of rotatable bonds is 4. The normalized spacial score (nSPS) is 14.2. The van der Waals surface area contributed by atoms with Gasteiger partial charge in [-0.15, -0.1) is 0 Å². The zero-order chi connectivity index (χ0) is 18.9. The van der Waals surface area contributed by atoms with Crippen molar-refractivity contribution in [1.29, 1.82) is 0 Å². The van der Waals surface area contributed by atoms with E-state index in [0.717, 1.165) is 18.5 Å². The molecule has 0 radical (unpaired) electrons. The topological polar surface area (TPSA) is 72.7 Å². The summed E-state index contributed by atoms with van der Waals surface area (Å²) in [5.74, 6) is -0.0521. The lowest BCUT2D eigenvalue weighted by atomic mass is 9.94. The summed E-state index contributed by atoms with van der Waals surface area (Å²) in [6.45, 7) is 4.01. The molecule has 6 nitrogen and oxygen atoms in total. The molecular formula is C17H20F3N5O.